The van der Waals surface area contributed by atoms with E-state index < -0.39 is 6.98 Å². The van der Waals surface area contributed by atoms with E-state index in [9.17, 15) is 0 Å². The first-order chi connectivity index (χ1) is 6.59. The van der Waals surface area contributed by atoms with Crippen molar-refractivity contribution in [2.75, 3.05) is 30.3 Å². The Kier molecular flexibility index (Phi) is 0.893. The SMILES string of the molecule is [2H]C([2H])([2H])N1CCNc2ccccc21. The highest BCUT2D eigenvalue weighted by atomic mass is 15.2. The van der Waals surface area contributed by atoms with Crippen LogP contribution in [-0.2, 0) is 0 Å². The van der Waals surface area contributed by atoms with E-state index in [4.69, 9.17) is 4.11 Å². The van der Waals surface area contributed by atoms with Gasteiger partial charge in [0.05, 0.1) is 11.4 Å². The smallest absolute Gasteiger partial charge is 0.0600 e. The molecule has 0 atom stereocenters. The minimum atomic E-state index is -2.04. The van der Waals surface area contributed by atoms with Gasteiger partial charge in [0.1, 0.15) is 0 Å². The van der Waals surface area contributed by atoms with E-state index >= 15 is 0 Å². The minimum Gasteiger partial charge on any atom is -0.382 e. The Balaban J connectivity index is 2.41. The fourth-order valence-corrected chi connectivity index (χ4v) is 1.28. The first-order valence-electron chi connectivity index (χ1n) is 5.19. The summed E-state index contributed by atoms with van der Waals surface area (Å²) in [4.78, 5) is 1.46. The molecule has 0 bridgehead atoms. The Hall–Kier alpha value is -1.18. The molecule has 2 heteroatoms. The lowest BCUT2D eigenvalue weighted by Gasteiger charge is -2.28. The largest absolute Gasteiger partial charge is 0.382 e. The highest BCUT2D eigenvalue weighted by molar-refractivity contribution is 5.71. The van der Waals surface area contributed by atoms with Crippen LogP contribution in [0.2, 0.25) is 0 Å². The molecule has 0 aliphatic carbocycles. The number of fused-ring (bicyclic) bond motifs is 1. The van der Waals surface area contributed by atoms with Gasteiger partial charge in [0.25, 0.3) is 0 Å². The van der Waals surface area contributed by atoms with E-state index in [1.54, 1.807) is 0 Å². The fourth-order valence-electron chi connectivity index (χ4n) is 1.28. The molecule has 2 nitrogen and oxygen atoms in total. The summed E-state index contributed by atoms with van der Waals surface area (Å²) in [7, 11) is 0. The van der Waals surface area contributed by atoms with E-state index in [1.165, 1.54) is 4.90 Å². The second kappa shape index (κ2) is 2.46. The quantitative estimate of drug-likeness (QED) is 0.605. The highest BCUT2D eigenvalue weighted by Crippen LogP contribution is 2.26. The Morgan fingerprint density at radius 2 is 2.45 bits per heavy atom. The monoisotopic (exact) mass is 151 g/mol. The van der Waals surface area contributed by atoms with E-state index in [0.29, 0.717) is 13.1 Å². The van der Waals surface area contributed by atoms with Crippen molar-refractivity contribution in [3.8, 4) is 0 Å². The molecule has 0 saturated carbocycles. The maximum atomic E-state index is 7.39. The van der Waals surface area contributed by atoms with Crippen LogP contribution in [0.5, 0.6) is 0 Å². The predicted octanol–water partition coefficient (Wildman–Crippen LogP) is 1.55. The van der Waals surface area contributed by atoms with E-state index in [1.807, 2.05) is 24.3 Å². The van der Waals surface area contributed by atoms with E-state index in [0.717, 1.165) is 11.4 Å². The van der Waals surface area contributed by atoms with Crippen molar-refractivity contribution in [3.63, 3.8) is 0 Å². The van der Waals surface area contributed by atoms with E-state index in [2.05, 4.69) is 5.32 Å². The number of hydrogen-bond acceptors (Lipinski definition) is 2. The second-order valence-corrected chi connectivity index (χ2v) is 2.60. The van der Waals surface area contributed by atoms with Crippen molar-refractivity contribution >= 4 is 11.4 Å². The maximum absolute atomic E-state index is 7.39. The van der Waals surface area contributed by atoms with Gasteiger partial charge in [-0.25, -0.2) is 0 Å². The zero-order valence-corrected chi connectivity index (χ0v) is 6.17. The number of hydrogen-bond donors (Lipinski definition) is 1. The predicted molar refractivity (Wildman–Crippen MR) is 48.2 cm³/mol. The van der Waals surface area contributed by atoms with Crippen LogP contribution in [-0.4, -0.2) is 20.1 Å². The summed E-state index contributed by atoms with van der Waals surface area (Å²) in [5.74, 6) is 0. The van der Waals surface area contributed by atoms with Crippen molar-refractivity contribution < 1.29 is 4.11 Å². The summed E-state index contributed by atoms with van der Waals surface area (Å²) in [5.41, 5.74) is 1.66. The average molecular weight is 151 g/mol. The number of benzene rings is 1. The molecular weight excluding hydrogens is 136 g/mol. The molecule has 1 aromatic carbocycles. The van der Waals surface area contributed by atoms with Gasteiger partial charge in [-0.3, -0.25) is 0 Å². The van der Waals surface area contributed by atoms with Crippen LogP contribution >= 0.6 is 0 Å². The molecule has 1 aliphatic heterocycles. The molecule has 1 heterocycles. The topological polar surface area (TPSA) is 15.3 Å². The number of rotatable bonds is 0. The van der Waals surface area contributed by atoms with Crippen LogP contribution in [0.25, 0.3) is 0 Å². The van der Waals surface area contributed by atoms with Crippen molar-refractivity contribution in [3.05, 3.63) is 24.3 Å². The van der Waals surface area contributed by atoms with Gasteiger partial charge < -0.3 is 10.2 Å². The third-order valence-electron chi connectivity index (χ3n) is 1.85. The van der Waals surface area contributed by atoms with Crippen LogP contribution in [0.15, 0.2) is 24.3 Å². The summed E-state index contributed by atoms with van der Waals surface area (Å²) in [5, 5.41) is 3.17. The average Bonchev–Trinajstić information content (AvgIpc) is 2.15. The summed E-state index contributed by atoms with van der Waals surface area (Å²) in [6.07, 6.45) is 0. The fraction of sp³-hybridized carbons (Fsp3) is 0.333. The Labute approximate surface area is 71.0 Å². The Morgan fingerprint density at radius 3 is 3.36 bits per heavy atom. The molecule has 0 unspecified atom stereocenters. The van der Waals surface area contributed by atoms with Crippen LogP contribution in [0.3, 0.4) is 0 Å². The van der Waals surface area contributed by atoms with Crippen LogP contribution in [0.1, 0.15) is 4.11 Å². The third-order valence-corrected chi connectivity index (χ3v) is 1.85. The first-order valence-corrected chi connectivity index (χ1v) is 3.69. The molecule has 1 N–H and O–H groups in total. The molecule has 11 heavy (non-hydrogen) atoms. The molecule has 1 aliphatic rings. The zero-order valence-electron chi connectivity index (χ0n) is 9.17. The number of para-hydroxylation sites is 2. The zero-order chi connectivity index (χ0) is 10.2. The first kappa shape index (κ1) is 4.00. The molecule has 0 aromatic heterocycles. The second-order valence-electron chi connectivity index (χ2n) is 2.60. The number of likely N-dealkylation sites (N-methyl/N-ethyl adjacent to an activating group) is 1. The van der Waals surface area contributed by atoms with Crippen molar-refractivity contribution in [2.45, 2.75) is 0 Å². The van der Waals surface area contributed by atoms with Gasteiger partial charge in [-0.15, -0.1) is 0 Å². The number of nitrogens with one attached hydrogen (secondary N) is 1. The Bertz CT molecular complexity index is 335. The molecule has 1 aromatic rings. The van der Waals surface area contributed by atoms with Gasteiger partial charge >= 0.3 is 0 Å². The molecule has 0 saturated heterocycles. The van der Waals surface area contributed by atoms with Crippen LogP contribution in [0.4, 0.5) is 11.4 Å². The molecular formula is C9H12N2. The van der Waals surface area contributed by atoms with E-state index in [-0.39, 0.29) is 0 Å². The molecule has 2 rings (SSSR count). The van der Waals surface area contributed by atoms with Crippen molar-refractivity contribution in [2.24, 2.45) is 0 Å². The van der Waals surface area contributed by atoms with Gasteiger partial charge in [0, 0.05) is 24.2 Å². The molecule has 0 spiro atoms. The molecule has 0 radical (unpaired) electrons. The molecule has 0 amide bonds. The summed E-state index contributed by atoms with van der Waals surface area (Å²) >= 11 is 0. The van der Waals surface area contributed by atoms with Gasteiger partial charge in [-0.05, 0) is 12.1 Å². The normalized spacial score (nSPS) is 20.7. The summed E-state index contributed by atoms with van der Waals surface area (Å²) < 4.78 is 22.2. The van der Waals surface area contributed by atoms with Crippen molar-refractivity contribution in [1.29, 1.82) is 0 Å². The lowest BCUT2D eigenvalue weighted by atomic mass is 10.2. The number of nitrogens with zero attached hydrogens (tertiary/aromatic N) is 1. The minimum absolute atomic E-state index is 0.521. The van der Waals surface area contributed by atoms with Crippen molar-refractivity contribution in [1.82, 2.24) is 0 Å². The van der Waals surface area contributed by atoms with Gasteiger partial charge in [-0.2, -0.15) is 0 Å². The highest BCUT2D eigenvalue weighted by Gasteiger charge is 2.10. The third kappa shape index (κ3) is 1.04. The van der Waals surface area contributed by atoms with Gasteiger partial charge in [0.2, 0.25) is 0 Å². The lowest BCUT2D eigenvalue weighted by Crippen LogP contribution is -2.30. The molecule has 58 valence electrons. The maximum Gasteiger partial charge on any atom is 0.0600 e. The summed E-state index contributed by atoms with van der Waals surface area (Å²) in [6.45, 7) is -0.846. The molecule has 0 fully saturated rings. The number of anilines is 2. The lowest BCUT2D eigenvalue weighted by molar-refractivity contribution is 0.887. The van der Waals surface area contributed by atoms with Gasteiger partial charge in [-0.1, -0.05) is 12.1 Å². The standard InChI is InChI=1S/C9H12N2/c1-11-7-6-10-8-4-2-3-5-9(8)11/h2-5,10H,6-7H2,1H3/i1D3. The van der Waals surface area contributed by atoms with Crippen LogP contribution in [0, 0.1) is 0 Å². The van der Waals surface area contributed by atoms with Gasteiger partial charge in [0.15, 0.2) is 0 Å². The summed E-state index contributed by atoms with van der Waals surface area (Å²) in [6, 6.07) is 7.47. The Morgan fingerprint density at radius 1 is 1.55 bits per heavy atom. The van der Waals surface area contributed by atoms with Crippen LogP contribution < -0.4 is 10.2 Å².